The third-order valence-corrected chi connectivity index (χ3v) is 2.68. The van der Waals surface area contributed by atoms with Gasteiger partial charge in [-0.2, -0.15) is 0 Å². The summed E-state index contributed by atoms with van der Waals surface area (Å²) in [7, 11) is 0. The van der Waals surface area contributed by atoms with Gasteiger partial charge in [-0.1, -0.05) is 17.7 Å². The van der Waals surface area contributed by atoms with Crippen LogP contribution in [0, 0.1) is 13.8 Å². The van der Waals surface area contributed by atoms with Crippen LogP contribution in [-0.4, -0.2) is 4.98 Å². The number of fused-ring (bicyclic) bond motifs is 1. The Balaban J connectivity index is 2.96. The molecule has 0 aliphatic carbocycles. The zero-order chi connectivity index (χ0) is 11.0. The number of nitrogens with two attached hydrogens (primary N) is 1. The predicted octanol–water partition coefficient (Wildman–Crippen LogP) is 1.60. The average molecular weight is 202 g/mol. The summed E-state index contributed by atoms with van der Waals surface area (Å²) >= 11 is 0. The van der Waals surface area contributed by atoms with Gasteiger partial charge in [0, 0.05) is 23.2 Å². The third kappa shape index (κ3) is 1.55. The second-order valence-electron chi connectivity index (χ2n) is 3.81. The lowest BCUT2D eigenvalue weighted by molar-refractivity contribution is 1.02. The van der Waals surface area contributed by atoms with E-state index in [1.165, 1.54) is 5.56 Å². The van der Waals surface area contributed by atoms with Gasteiger partial charge in [0.25, 0.3) is 5.56 Å². The largest absolute Gasteiger partial charge is 0.326 e. The number of rotatable bonds is 1. The quantitative estimate of drug-likeness (QED) is 0.738. The van der Waals surface area contributed by atoms with Crippen LogP contribution in [0.15, 0.2) is 23.0 Å². The van der Waals surface area contributed by atoms with Crippen molar-refractivity contribution in [1.82, 2.24) is 4.98 Å². The van der Waals surface area contributed by atoms with E-state index in [1.807, 2.05) is 26.0 Å². The SMILES string of the molecule is Cc1ccc2c(CN)c(=O)[nH]c(C)c2c1. The van der Waals surface area contributed by atoms with Crippen LogP contribution in [0.2, 0.25) is 0 Å². The first-order valence-electron chi connectivity index (χ1n) is 4.95. The van der Waals surface area contributed by atoms with Crippen LogP contribution in [0.25, 0.3) is 10.8 Å². The monoisotopic (exact) mass is 202 g/mol. The molecule has 0 fully saturated rings. The van der Waals surface area contributed by atoms with E-state index < -0.39 is 0 Å². The van der Waals surface area contributed by atoms with Crippen molar-refractivity contribution >= 4 is 10.8 Å². The average Bonchev–Trinajstić information content (AvgIpc) is 2.19. The number of benzene rings is 1. The molecule has 3 heteroatoms. The molecule has 0 atom stereocenters. The molecule has 2 aromatic rings. The zero-order valence-corrected chi connectivity index (χ0v) is 8.92. The molecule has 0 aliphatic heterocycles. The topological polar surface area (TPSA) is 58.9 Å². The van der Waals surface area contributed by atoms with Crippen molar-refractivity contribution in [2.45, 2.75) is 20.4 Å². The van der Waals surface area contributed by atoms with E-state index in [9.17, 15) is 4.79 Å². The predicted molar refractivity (Wildman–Crippen MR) is 61.9 cm³/mol. The maximum absolute atomic E-state index is 11.6. The first kappa shape index (κ1) is 9.93. The maximum Gasteiger partial charge on any atom is 0.253 e. The smallest absolute Gasteiger partial charge is 0.253 e. The summed E-state index contributed by atoms with van der Waals surface area (Å²) < 4.78 is 0. The molecule has 0 aliphatic rings. The normalized spacial score (nSPS) is 10.9. The molecule has 0 spiro atoms. The number of aromatic amines is 1. The molecule has 1 heterocycles. The van der Waals surface area contributed by atoms with Gasteiger partial charge in [-0.15, -0.1) is 0 Å². The van der Waals surface area contributed by atoms with E-state index in [1.54, 1.807) is 0 Å². The Morgan fingerprint density at radius 1 is 1.27 bits per heavy atom. The van der Waals surface area contributed by atoms with Gasteiger partial charge in [-0.05, 0) is 25.3 Å². The molecule has 3 N–H and O–H groups in total. The lowest BCUT2D eigenvalue weighted by atomic mass is 10.0. The molecule has 0 amide bonds. The number of aryl methyl sites for hydroxylation is 2. The molecule has 2 rings (SSSR count). The van der Waals surface area contributed by atoms with Crippen LogP contribution in [0.5, 0.6) is 0 Å². The summed E-state index contributed by atoms with van der Waals surface area (Å²) in [4.78, 5) is 14.5. The maximum atomic E-state index is 11.6. The molecule has 0 unspecified atom stereocenters. The second kappa shape index (κ2) is 3.51. The molecule has 0 radical (unpaired) electrons. The molecular weight excluding hydrogens is 188 g/mol. The standard InChI is InChI=1S/C12H14N2O/c1-7-3-4-9-10(5-7)8(2)14-12(15)11(9)6-13/h3-5H,6,13H2,1-2H3,(H,14,15). The van der Waals surface area contributed by atoms with Crippen LogP contribution in [0.4, 0.5) is 0 Å². The summed E-state index contributed by atoms with van der Waals surface area (Å²) in [6, 6.07) is 6.04. The number of aromatic nitrogens is 1. The highest BCUT2D eigenvalue weighted by Crippen LogP contribution is 2.19. The Labute approximate surface area is 87.9 Å². The van der Waals surface area contributed by atoms with Gasteiger partial charge in [0.1, 0.15) is 0 Å². The van der Waals surface area contributed by atoms with Gasteiger partial charge < -0.3 is 10.7 Å². The van der Waals surface area contributed by atoms with Crippen LogP contribution in [-0.2, 0) is 6.54 Å². The van der Waals surface area contributed by atoms with Gasteiger partial charge in [0.2, 0.25) is 0 Å². The van der Waals surface area contributed by atoms with Crippen LogP contribution >= 0.6 is 0 Å². The van der Waals surface area contributed by atoms with Gasteiger partial charge >= 0.3 is 0 Å². The van der Waals surface area contributed by atoms with Crippen molar-refractivity contribution in [2.24, 2.45) is 5.73 Å². The number of nitrogens with one attached hydrogen (secondary N) is 1. The first-order valence-corrected chi connectivity index (χ1v) is 4.95. The molecule has 78 valence electrons. The van der Waals surface area contributed by atoms with Crippen molar-refractivity contribution in [3.63, 3.8) is 0 Å². The van der Waals surface area contributed by atoms with Gasteiger partial charge in [-0.25, -0.2) is 0 Å². The number of hydrogen-bond acceptors (Lipinski definition) is 2. The minimum absolute atomic E-state index is 0.0775. The third-order valence-electron chi connectivity index (χ3n) is 2.68. The van der Waals surface area contributed by atoms with Gasteiger partial charge in [0.15, 0.2) is 0 Å². The second-order valence-corrected chi connectivity index (χ2v) is 3.81. The van der Waals surface area contributed by atoms with E-state index in [0.29, 0.717) is 5.56 Å². The van der Waals surface area contributed by atoms with Crippen LogP contribution < -0.4 is 11.3 Å². The summed E-state index contributed by atoms with van der Waals surface area (Å²) in [5.41, 5.74) is 8.25. The van der Waals surface area contributed by atoms with Crippen molar-refractivity contribution in [3.05, 3.63) is 45.4 Å². The molecule has 1 aromatic heterocycles. The lowest BCUT2D eigenvalue weighted by Gasteiger charge is -2.07. The van der Waals surface area contributed by atoms with Crippen molar-refractivity contribution in [3.8, 4) is 0 Å². The van der Waals surface area contributed by atoms with Gasteiger partial charge in [-0.3, -0.25) is 4.79 Å². The van der Waals surface area contributed by atoms with Crippen LogP contribution in [0.1, 0.15) is 16.8 Å². The van der Waals surface area contributed by atoms with E-state index >= 15 is 0 Å². The highest BCUT2D eigenvalue weighted by atomic mass is 16.1. The van der Waals surface area contributed by atoms with Crippen LogP contribution in [0.3, 0.4) is 0 Å². The fraction of sp³-hybridized carbons (Fsp3) is 0.250. The first-order chi connectivity index (χ1) is 7.13. The molecule has 3 nitrogen and oxygen atoms in total. The van der Waals surface area contributed by atoms with Crippen molar-refractivity contribution < 1.29 is 0 Å². The summed E-state index contributed by atoms with van der Waals surface area (Å²) in [6.07, 6.45) is 0. The summed E-state index contributed by atoms with van der Waals surface area (Å²) in [5.74, 6) is 0. The Kier molecular flexibility index (Phi) is 2.32. The van der Waals surface area contributed by atoms with Gasteiger partial charge in [0.05, 0.1) is 0 Å². The molecule has 1 aromatic carbocycles. The summed E-state index contributed by atoms with van der Waals surface area (Å²) in [5, 5.41) is 2.04. The Morgan fingerprint density at radius 2 is 2.00 bits per heavy atom. The highest BCUT2D eigenvalue weighted by Gasteiger charge is 2.06. The number of H-pyrrole nitrogens is 1. The summed E-state index contributed by atoms with van der Waals surface area (Å²) in [6.45, 7) is 4.21. The highest BCUT2D eigenvalue weighted by molar-refractivity contribution is 5.87. The van der Waals surface area contributed by atoms with E-state index in [0.717, 1.165) is 16.5 Å². The fourth-order valence-electron chi connectivity index (χ4n) is 1.87. The van der Waals surface area contributed by atoms with E-state index in [-0.39, 0.29) is 12.1 Å². The minimum atomic E-state index is -0.0775. The minimum Gasteiger partial charge on any atom is -0.326 e. The number of hydrogen-bond donors (Lipinski definition) is 2. The molecule has 0 bridgehead atoms. The van der Waals surface area contributed by atoms with E-state index in [4.69, 9.17) is 5.73 Å². The van der Waals surface area contributed by atoms with Crippen molar-refractivity contribution in [2.75, 3.05) is 0 Å². The van der Waals surface area contributed by atoms with Crippen molar-refractivity contribution in [1.29, 1.82) is 0 Å². The zero-order valence-electron chi connectivity index (χ0n) is 8.92. The molecule has 15 heavy (non-hydrogen) atoms. The molecule has 0 saturated heterocycles. The van der Waals surface area contributed by atoms with E-state index in [2.05, 4.69) is 11.1 Å². The molecular formula is C12H14N2O. The molecule has 0 saturated carbocycles. The number of pyridine rings is 1. The fourth-order valence-corrected chi connectivity index (χ4v) is 1.87. The Morgan fingerprint density at radius 3 is 2.67 bits per heavy atom. The lowest BCUT2D eigenvalue weighted by Crippen LogP contribution is -2.17. The Hall–Kier alpha value is -1.61. The Bertz CT molecular complexity index is 570.